The molecule has 0 saturated carbocycles. The molecule has 5 rings (SSSR count). The Balaban J connectivity index is 1.61. The fraction of sp³-hybridized carbons (Fsp3) is 0.240. The number of aromatic nitrogens is 1. The average Bonchev–Trinajstić information content (AvgIpc) is 2.93. The van der Waals surface area contributed by atoms with E-state index >= 15 is 0 Å². The summed E-state index contributed by atoms with van der Waals surface area (Å²) in [5.41, 5.74) is 4.76. The van der Waals surface area contributed by atoms with Gasteiger partial charge in [0.05, 0.1) is 22.2 Å². The van der Waals surface area contributed by atoms with Crippen LogP contribution in [0.25, 0.3) is 32.9 Å². The molecule has 0 aliphatic carbocycles. The Morgan fingerprint density at radius 2 is 1.14 bits per heavy atom. The summed E-state index contributed by atoms with van der Waals surface area (Å²) in [7, 11) is -0.347. The smallest absolute Gasteiger partial charge is 0.399 e. The lowest BCUT2D eigenvalue weighted by Crippen LogP contribution is -2.41. The van der Waals surface area contributed by atoms with Crippen LogP contribution in [0.4, 0.5) is 0 Å². The topological polar surface area (TPSA) is 31.4 Å². The first-order chi connectivity index (χ1) is 13.9. The first kappa shape index (κ1) is 18.4. The lowest BCUT2D eigenvalue weighted by atomic mass is 9.78. The molecule has 0 unspecified atom stereocenters. The Bertz CT molecular complexity index is 1140. The van der Waals surface area contributed by atoms with Crippen LogP contribution in [0.15, 0.2) is 72.8 Å². The van der Waals surface area contributed by atoms with Crippen molar-refractivity contribution < 1.29 is 9.31 Å². The molecule has 4 aromatic rings. The van der Waals surface area contributed by atoms with E-state index in [2.05, 4.69) is 88.4 Å². The largest absolute Gasteiger partial charge is 0.494 e. The van der Waals surface area contributed by atoms with Crippen molar-refractivity contribution in [3.8, 4) is 11.1 Å². The number of pyridine rings is 1. The minimum absolute atomic E-state index is 0.339. The molecule has 1 saturated heterocycles. The maximum atomic E-state index is 6.20. The maximum Gasteiger partial charge on any atom is 0.494 e. The summed E-state index contributed by atoms with van der Waals surface area (Å²) in [6, 6.07) is 25.2. The van der Waals surface area contributed by atoms with Gasteiger partial charge in [-0.1, -0.05) is 60.7 Å². The van der Waals surface area contributed by atoms with Gasteiger partial charge in [0.15, 0.2) is 0 Å². The lowest BCUT2D eigenvalue weighted by Gasteiger charge is -2.32. The summed E-state index contributed by atoms with van der Waals surface area (Å²) in [6.07, 6.45) is 0. The Hall–Kier alpha value is -2.69. The van der Waals surface area contributed by atoms with E-state index in [-0.39, 0.29) is 18.3 Å². The SMILES string of the molecule is CC1(C)OB(c2ccc(-c3c4ccccc4nc4ccccc34)cc2)OC1(C)C. The number of benzene rings is 3. The zero-order valence-corrected chi connectivity index (χ0v) is 17.3. The van der Waals surface area contributed by atoms with E-state index in [4.69, 9.17) is 14.3 Å². The number of rotatable bonds is 2. The molecule has 1 aromatic heterocycles. The molecule has 0 radical (unpaired) electrons. The molecule has 29 heavy (non-hydrogen) atoms. The molecule has 0 bridgehead atoms. The number of hydrogen-bond acceptors (Lipinski definition) is 3. The molecule has 2 heterocycles. The highest BCUT2D eigenvalue weighted by molar-refractivity contribution is 6.62. The summed E-state index contributed by atoms with van der Waals surface area (Å²) < 4.78 is 12.4. The normalized spacial score (nSPS) is 17.9. The van der Waals surface area contributed by atoms with E-state index in [1.165, 1.54) is 11.1 Å². The predicted octanol–water partition coefficient (Wildman–Crippen LogP) is 5.35. The molecule has 0 spiro atoms. The minimum Gasteiger partial charge on any atom is -0.399 e. The van der Waals surface area contributed by atoms with Gasteiger partial charge in [0, 0.05) is 16.3 Å². The predicted molar refractivity (Wildman–Crippen MR) is 120 cm³/mol. The molecular formula is C25H24BNO2. The van der Waals surface area contributed by atoms with Crippen LogP contribution in [-0.4, -0.2) is 23.3 Å². The van der Waals surface area contributed by atoms with Gasteiger partial charge in [-0.05, 0) is 50.9 Å². The molecule has 0 amide bonds. The van der Waals surface area contributed by atoms with E-state index < -0.39 is 0 Å². The van der Waals surface area contributed by atoms with E-state index in [9.17, 15) is 0 Å². The van der Waals surface area contributed by atoms with E-state index in [1.54, 1.807) is 0 Å². The van der Waals surface area contributed by atoms with Crippen molar-refractivity contribution in [2.45, 2.75) is 38.9 Å². The van der Waals surface area contributed by atoms with E-state index in [0.717, 1.165) is 27.3 Å². The summed E-state index contributed by atoms with van der Waals surface area (Å²) in [6.45, 7) is 8.32. The Kier molecular flexibility index (Phi) is 4.06. The zero-order chi connectivity index (χ0) is 20.2. The molecular weight excluding hydrogens is 357 g/mol. The monoisotopic (exact) mass is 381 g/mol. The third kappa shape index (κ3) is 2.95. The van der Waals surface area contributed by atoms with Crippen LogP contribution in [0.2, 0.25) is 0 Å². The molecule has 3 nitrogen and oxygen atoms in total. The van der Waals surface area contributed by atoms with E-state index in [1.807, 2.05) is 12.1 Å². The van der Waals surface area contributed by atoms with Gasteiger partial charge in [0.1, 0.15) is 0 Å². The van der Waals surface area contributed by atoms with Gasteiger partial charge in [0.2, 0.25) is 0 Å². The third-order valence-electron chi connectivity index (χ3n) is 6.31. The molecule has 3 aromatic carbocycles. The van der Waals surface area contributed by atoms with Crippen LogP contribution >= 0.6 is 0 Å². The van der Waals surface area contributed by atoms with Crippen LogP contribution in [-0.2, 0) is 9.31 Å². The zero-order valence-electron chi connectivity index (χ0n) is 17.3. The molecule has 144 valence electrons. The standard InChI is InChI=1S/C25H24BNO2/c1-24(2)25(3,4)29-26(28-24)18-15-13-17(14-16-18)23-19-9-5-7-11-21(19)27-22-12-8-6-10-20(22)23/h5-16H,1-4H3. The van der Waals surface area contributed by atoms with Gasteiger partial charge >= 0.3 is 7.12 Å². The van der Waals surface area contributed by atoms with Gasteiger partial charge in [-0.3, -0.25) is 0 Å². The number of para-hydroxylation sites is 2. The van der Waals surface area contributed by atoms with Crippen molar-refractivity contribution in [1.29, 1.82) is 0 Å². The fourth-order valence-electron chi connectivity index (χ4n) is 3.94. The van der Waals surface area contributed by atoms with Gasteiger partial charge in [0.25, 0.3) is 0 Å². The van der Waals surface area contributed by atoms with Crippen LogP contribution in [0.3, 0.4) is 0 Å². The second kappa shape index (κ2) is 6.41. The average molecular weight is 381 g/mol. The van der Waals surface area contributed by atoms with Crippen LogP contribution < -0.4 is 5.46 Å². The van der Waals surface area contributed by atoms with Gasteiger partial charge < -0.3 is 9.31 Å². The van der Waals surface area contributed by atoms with Crippen LogP contribution in [0.1, 0.15) is 27.7 Å². The van der Waals surface area contributed by atoms with Gasteiger partial charge in [-0.2, -0.15) is 0 Å². The summed E-state index contributed by atoms with van der Waals surface area (Å²) in [5.74, 6) is 0. The second-order valence-corrected chi connectivity index (χ2v) is 8.73. The van der Waals surface area contributed by atoms with Crippen LogP contribution in [0, 0.1) is 0 Å². The van der Waals surface area contributed by atoms with Crippen molar-refractivity contribution in [3.63, 3.8) is 0 Å². The highest BCUT2D eigenvalue weighted by atomic mass is 16.7. The highest BCUT2D eigenvalue weighted by Gasteiger charge is 2.51. The fourth-order valence-corrected chi connectivity index (χ4v) is 3.94. The summed E-state index contributed by atoms with van der Waals surface area (Å²) in [4.78, 5) is 4.84. The van der Waals surface area contributed by atoms with E-state index in [0.29, 0.717) is 0 Å². The van der Waals surface area contributed by atoms with Crippen molar-refractivity contribution in [2.75, 3.05) is 0 Å². The third-order valence-corrected chi connectivity index (χ3v) is 6.31. The maximum absolute atomic E-state index is 6.20. The quantitative estimate of drug-likeness (QED) is 0.346. The molecule has 1 aliphatic rings. The second-order valence-electron chi connectivity index (χ2n) is 8.73. The summed E-state index contributed by atoms with van der Waals surface area (Å²) in [5, 5.41) is 2.32. The molecule has 1 aliphatic heterocycles. The first-order valence-electron chi connectivity index (χ1n) is 10.1. The van der Waals surface area contributed by atoms with Crippen LogP contribution in [0.5, 0.6) is 0 Å². The minimum atomic E-state index is -0.347. The first-order valence-corrected chi connectivity index (χ1v) is 10.1. The van der Waals surface area contributed by atoms with Crippen molar-refractivity contribution in [3.05, 3.63) is 72.8 Å². The molecule has 1 fully saturated rings. The Labute approximate surface area is 171 Å². The number of nitrogens with zero attached hydrogens (tertiary/aromatic N) is 1. The Morgan fingerprint density at radius 1 is 0.655 bits per heavy atom. The van der Waals surface area contributed by atoms with Crippen molar-refractivity contribution >= 4 is 34.4 Å². The van der Waals surface area contributed by atoms with Crippen molar-refractivity contribution in [2.24, 2.45) is 0 Å². The Morgan fingerprint density at radius 3 is 1.66 bits per heavy atom. The number of fused-ring (bicyclic) bond motifs is 2. The molecule has 0 atom stereocenters. The number of hydrogen-bond donors (Lipinski definition) is 0. The van der Waals surface area contributed by atoms with Gasteiger partial charge in [-0.25, -0.2) is 4.98 Å². The lowest BCUT2D eigenvalue weighted by molar-refractivity contribution is 0.00578. The molecule has 0 N–H and O–H groups in total. The molecule has 4 heteroatoms. The van der Waals surface area contributed by atoms with Crippen molar-refractivity contribution in [1.82, 2.24) is 4.98 Å². The highest BCUT2D eigenvalue weighted by Crippen LogP contribution is 2.37. The van der Waals surface area contributed by atoms with Gasteiger partial charge in [-0.15, -0.1) is 0 Å². The summed E-state index contributed by atoms with van der Waals surface area (Å²) >= 11 is 0.